The van der Waals surface area contributed by atoms with Crippen LogP contribution in [0.3, 0.4) is 0 Å². The number of ether oxygens (including phenoxy) is 2. The molecule has 3 amide bonds. The second-order valence-electron chi connectivity index (χ2n) is 14.6. The summed E-state index contributed by atoms with van der Waals surface area (Å²) in [4.78, 5) is 53.7. The molecule has 0 aliphatic carbocycles. The molecule has 2 fully saturated rings. The third kappa shape index (κ3) is 10.5. The number of rotatable bonds is 14. The van der Waals surface area contributed by atoms with E-state index in [1.165, 1.54) is 4.90 Å². The van der Waals surface area contributed by atoms with Crippen LogP contribution in [0.1, 0.15) is 121 Å². The zero-order valence-electron chi connectivity index (χ0n) is 29.2. The molecule has 2 aliphatic rings. The van der Waals surface area contributed by atoms with Gasteiger partial charge in [-0.1, -0.05) is 46.5 Å². The molecule has 2 aliphatic heterocycles. The van der Waals surface area contributed by atoms with Gasteiger partial charge in [-0.25, -0.2) is 14.4 Å². The number of amides is 3. The number of piperidine rings is 1. The highest BCUT2D eigenvalue weighted by Gasteiger charge is 2.53. The van der Waals surface area contributed by atoms with Gasteiger partial charge in [-0.2, -0.15) is 0 Å². The van der Waals surface area contributed by atoms with E-state index in [4.69, 9.17) is 18.8 Å². The molecule has 0 spiro atoms. The summed E-state index contributed by atoms with van der Waals surface area (Å²) < 4.78 is 23.1. The van der Waals surface area contributed by atoms with Gasteiger partial charge in [0.2, 0.25) is 5.91 Å². The molecule has 2 rings (SSSR count). The van der Waals surface area contributed by atoms with Crippen LogP contribution in [0.15, 0.2) is 0 Å². The molecule has 258 valence electrons. The van der Waals surface area contributed by atoms with E-state index >= 15 is 0 Å². The van der Waals surface area contributed by atoms with E-state index in [-0.39, 0.29) is 31.9 Å². The van der Waals surface area contributed by atoms with Gasteiger partial charge in [0, 0.05) is 19.0 Å². The molecule has 0 saturated carbocycles. The predicted octanol–water partition coefficient (Wildman–Crippen LogP) is 5.53. The monoisotopic (exact) mass is 639 g/mol. The smallest absolute Gasteiger partial charge is 0.457 e. The Balaban J connectivity index is 2.21. The molecule has 12 nitrogen and oxygen atoms in total. The van der Waals surface area contributed by atoms with Gasteiger partial charge in [-0.15, -0.1) is 0 Å². The van der Waals surface area contributed by atoms with Crippen LogP contribution >= 0.6 is 0 Å². The summed E-state index contributed by atoms with van der Waals surface area (Å²) in [6.07, 6.45) is 2.98. The minimum absolute atomic E-state index is 0.00705. The number of nitrogens with zero attached hydrogens (tertiary/aromatic N) is 1. The van der Waals surface area contributed by atoms with Crippen molar-refractivity contribution in [2.45, 2.75) is 161 Å². The van der Waals surface area contributed by atoms with Gasteiger partial charge in [0.15, 0.2) is 0 Å². The number of aliphatic carboxylic acids is 1. The van der Waals surface area contributed by atoms with E-state index in [0.717, 1.165) is 6.42 Å². The Bertz CT molecular complexity index is 1020. The van der Waals surface area contributed by atoms with Crippen molar-refractivity contribution in [2.75, 3.05) is 13.2 Å². The van der Waals surface area contributed by atoms with Gasteiger partial charge in [0.1, 0.15) is 17.2 Å². The number of carboxylic acid groups (broad SMARTS) is 1. The van der Waals surface area contributed by atoms with Crippen molar-refractivity contribution in [3.8, 4) is 0 Å². The summed E-state index contributed by atoms with van der Waals surface area (Å²) >= 11 is 0. The number of alkyl carbamates (subject to hydrolysis) is 1. The quantitative estimate of drug-likeness (QED) is 0.165. The number of hydrogen-bond donors (Lipinski definition) is 3. The van der Waals surface area contributed by atoms with Gasteiger partial charge in [0.05, 0.1) is 17.8 Å². The molecular formula is C32H58BN3O9. The molecule has 0 bridgehead atoms. The number of unbranched alkanes of at least 4 members (excludes halogenated alkanes) is 2. The maximum Gasteiger partial charge on any atom is 0.457 e. The Morgan fingerprint density at radius 3 is 2.20 bits per heavy atom. The largest absolute Gasteiger partial charge is 0.479 e. The van der Waals surface area contributed by atoms with E-state index in [0.29, 0.717) is 38.4 Å². The number of carbonyl (C=O) groups is 4. The zero-order chi connectivity index (χ0) is 34.2. The fourth-order valence-corrected chi connectivity index (χ4v) is 5.68. The van der Waals surface area contributed by atoms with Gasteiger partial charge in [0.25, 0.3) is 0 Å². The van der Waals surface area contributed by atoms with Crippen LogP contribution < -0.4 is 10.6 Å². The van der Waals surface area contributed by atoms with Gasteiger partial charge in [-0.3, -0.25) is 9.69 Å². The van der Waals surface area contributed by atoms with Gasteiger partial charge >= 0.3 is 25.3 Å². The normalized spacial score (nSPS) is 24.0. The topological polar surface area (TPSA) is 153 Å². The van der Waals surface area contributed by atoms with E-state index in [2.05, 4.69) is 10.6 Å². The molecule has 3 N–H and O–H groups in total. The van der Waals surface area contributed by atoms with E-state index in [1.807, 2.05) is 48.5 Å². The highest BCUT2D eigenvalue weighted by atomic mass is 16.7. The molecule has 0 aromatic rings. The summed E-state index contributed by atoms with van der Waals surface area (Å²) in [7, 11) is -0.403. The standard InChI is InChI=1S/C32H58BN3O9/c1-11-13-20-42-28(41)36-19-16-23(34-25(37)24(22(3)12-2)35-27(40)43-29(4,5)6)21-32(36,26(38)39)17-14-15-18-33-44-30(7,8)31(9,10)45-33/h22-24H,11-21H2,1-10H3,(H,34,37)(H,35,40)(H,38,39)/t22?,23?,24?,32-/m1/s1. The minimum Gasteiger partial charge on any atom is -0.479 e. The van der Waals surface area contributed by atoms with Crippen molar-refractivity contribution in [1.29, 1.82) is 0 Å². The van der Waals surface area contributed by atoms with Crippen molar-refractivity contribution in [3.05, 3.63) is 0 Å². The highest BCUT2D eigenvalue weighted by molar-refractivity contribution is 6.45. The Labute approximate surface area is 270 Å². The lowest BCUT2D eigenvalue weighted by Crippen LogP contribution is -2.65. The second-order valence-corrected chi connectivity index (χ2v) is 14.6. The summed E-state index contributed by atoms with van der Waals surface area (Å²) in [6, 6.07) is -1.41. The van der Waals surface area contributed by atoms with Crippen LogP contribution in [0.4, 0.5) is 9.59 Å². The van der Waals surface area contributed by atoms with Gasteiger partial charge in [-0.05, 0) is 80.0 Å². The third-order valence-electron chi connectivity index (χ3n) is 9.24. The first kappa shape index (κ1) is 38.6. The van der Waals surface area contributed by atoms with Crippen LogP contribution in [0.25, 0.3) is 0 Å². The first-order valence-corrected chi connectivity index (χ1v) is 16.6. The molecule has 0 aromatic carbocycles. The Hall–Kier alpha value is -2.54. The van der Waals surface area contributed by atoms with Crippen molar-refractivity contribution in [1.82, 2.24) is 15.5 Å². The van der Waals surface area contributed by atoms with Crippen LogP contribution in [-0.2, 0) is 28.4 Å². The summed E-state index contributed by atoms with van der Waals surface area (Å²) in [5, 5.41) is 16.3. The van der Waals surface area contributed by atoms with Crippen molar-refractivity contribution in [3.63, 3.8) is 0 Å². The fraction of sp³-hybridized carbons (Fsp3) is 0.875. The van der Waals surface area contributed by atoms with Crippen LogP contribution in [0.2, 0.25) is 6.32 Å². The first-order chi connectivity index (χ1) is 20.8. The molecule has 0 aromatic heterocycles. The molecule has 2 saturated heterocycles. The first-order valence-electron chi connectivity index (χ1n) is 16.6. The molecule has 4 atom stereocenters. The molecule has 13 heteroatoms. The maximum absolute atomic E-state index is 13.5. The minimum atomic E-state index is -1.58. The summed E-state index contributed by atoms with van der Waals surface area (Å²) in [6.45, 7) is 19.2. The summed E-state index contributed by atoms with van der Waals surface area (Å²) in [5.74, 6) is -1.76. The zero-order valence-corrected chi connectivity index (χ0v) is 29.2. The molecule has 3 unspecified atom stereocenters. The molecule has 2 heterocycles. The Morgan fingerprint density at radius 2 is 1.67 bits per heavy atom. The van der Waals surface area contributed by atoms with Crippen LogP contribution in [0.5, 0.6) is 0 Å². The van der Waals surface area contributed by atoms with Crippen molar-refractivity contribution >= 4 is 31.2 Å². The summed E-state index contributed by atoms with van der Waals surface area (Å²) in [5.41, 5.74) is -3.24. The molecular weight excluding hydrogens is 581 g/mol. The van der Waals surface area contributed by atoms with Crippen LogP contribution in [-0.4, -0.2) is 88.8 Å². The Morgan fingerprint density at radius 1 is 1.04 bits per heavy atom. The lowest BCUT2D eigenvalue weighted by atomic mass is 9.77. The highest BCUT2D eigenvalue weighted by Crippen LogP contribution is 2.39. The van der Waals surface area contributed by atoms with Crippen molar-refractivity contribution in [2.24, 2.45) is 5.92 Å². The lowest BCUT2D eigenvalue weighted by Gasteiger charge is -2.46. The van der Waals surface area contributed by atoms with E-state index in [9.17, 15) is 24.3 Å². The van der Waals surface area contributed by atoms with Crippen molar-refractivity contribution < 1.29 is 43.1 Å². The maximum atomic E-state index is 13.5. The SMILES string of the molecule is CCCCOC(=O)N1CCC(NC(=O)C(NC(=O)OC(C)(C)C)C(C)CC)C[C@]1(CCCCB1OC(C)(C)C(C)(C)O1)C(=O)O. The molecule has 0 radical (unpaired) electrons. The number of nitrogens with one attached hydrogen (secondary N) is 2. The third-order valence-corrected chi connectivity index (χ3v) is 9.24. The van der Waals surface area contributed by atoms with E-state index in [1.54, 1.807) is 20.8 Å². The van der Waals surface area contributed by atoms with E-state index < -0.39 is 65.6 Å². The number of carbonyl (C=O) groups excluding carboxylic acids is 3. The average Bonchev–Trinajstić information content (AvgIpc) is 3.13. The average molecular weight is 640 g/mol. The molecule has 45 heavy (non-hydrogen) atoms. The number of carboxylic acids is 1. The number of hydrogen-bond acceptors (Lipinski definition) is 8. The lowest BCUT2D eigenvalue weighted by molar-refractivity contribution is -0.155. The predicted molar refractivity (Wildman–Crippen MR) is 172 cm³/mol. The van der Waals surface area contributed by atoms with Gasteiger partial charge < -0.3 is 34.5 Å². The second kappa shape index (κ2) is 15.8. The fourth-order valence-electron chi connectivity index (χ4n) is 5.68. The number of likely N-dealkylation sites (tertiary alicyclic amines) is 1. The Kier molecular flexibility index (Phi) is 13.6. The van der Waals surface area contributed by atoms with Crippen LogP contribution in [0, 0.1) is 5.92 Å².